The Morgan fingerprint density at radius 1 is 1.37 bits per heavy atom. The number of hydrogen-bond acceptors (Lipinski definition) is 2. The highest BCUT2D eigenvalue weighted by atomic mass is 32.1. The average Bonchev–Trinajstić information content (AvgIpc) is 2.81. The van der Waals surface area contributed by atoms with E-state index in [9.17, 15) is 13.2 Å². The van der Waals surface area contributed by atoms with Gasteiger partial charge < -0.3 is 5.32 Å². The average molecular weight is 291 g/mol. The third-order valence-electron chi connectivity index (χ3n) is 3.77. The number of thiophene rings is 1. The summed E-state index contributed by atoms with van der Waals surface area (Å²) in [5, 5.41) is 5.20. The van der Waals surface area contributed by atoms with Gasteiger partial charge in [0.15, 0.2) is 0 Å². The van der Waals surface area contributed by atoms with E-state index in [1.807, 2.05) is 24.4 Å². The maximum atomic E-state index is 13.0. The first-order valence-corrected chi connectivity index (χ1v) is 7.70. The molecule has 0 bridgehead atoms. The standard InChI is InChI=1S/C14H20F3NS/c1-10(9-11-5-4-8-19-11)18-13-7-3-2-6-12(13)14(15,16)17/h4-5,8,10,12-13,18H,2-3,6-7,9H2,1H3. The zero-order chi connectivity index (χ0) is 13.9. The van der Waals surface area contributed by atoms with E-state index in [4.69, 9.17) is 0 Å². The second-order valence-electron chi connectivity index (χ2n) is 5.39. The zero-order valence-corrected chi connectivity index (χ0v) is 11.9. The van der Waals surface area contributed by atoms with Gasteiger partial charge in [-0.05, 0) is 37.6 Å². The van der Waals surface area contributed by atoms with Gasteiger partial charge in [-0.1, -0.05) is 18.9 Å². The summed E-state index contributed by atoms with van der Waals surface area (Å²) >= 11 is 1.66. The molecule has 2 rings (SSSR count). The molecule has 1 heterocycles. The Kier molecular flexibility index (Phi) is 4.90. The highest BCUT2D eigenvalue weighted by molar-refractivity contribution is 7.09. The van der Waals surface area contributed by atoms with E-state index in [0.29, 0.717) is 12.8 Å². The highest BCUT2D eigenvalue weighted by Gasteiger charge is 2.45. The Morgan fingerprint density at radius 3 is 2.74 bits per heavy atom. The first-order valence-electron chi connectivity index (χ1n) is 6.82. The monoisotopic (exact) mass is 291 g/mol. The van der Waals surface area contributed by atoms with Gasteiger partial charge in [0.05, 0.1) is 5.92 Å². The molecule has 1 nitrogen and oxygen atoms in total. The summed E-state index contributed by atoms with van der Waals surface area (Å²) in [7, 11) is 0. The van der Waals surface area contributed by atoms with E-state index in [1.165, 1.54) is 4.88 Å². The minimum atomic E-state index is -4.07. The molecule has 3 unspecified atom stereocenters. The van der Waals surface area contributed by atoms with Gasteiger partial charge in [-0.25, -0.2) is 0 Å². The molecule has 1 aromatic heterocycles. The molecule has 0 saturated heterocycles. The number of rotatable bonds is 4. The number of halogens is 3. The summed E-state index contributed by atoms with van der Waals surface area (Å²) in [6, 6.07) is 3.69. The molecule has 0 amide bonds. The molecule has 1 saturated carbocycles. The van der Waals surface area contributed by atoms with Crippen LogP contribution in [0.4, 0.5) is 13.2 Å². The van der Waals surface area contributed by atoms with Crippen molar-refractivity contribution < 1.29 is 13.2 Å². The van der Waals surface area contributed by atoms with Crippen molar-refractivity contribution in [2.45, 2.75) is 57.3 Å². The molecule has 0 aliphatic heterocycles. The van der Waals surface area contributed by atoms with E-state index in [1.54, 1.807) is 11.3 Å². The number of hydrogen-bond donors (Lipinski definition) is 1. The van der Waals surface area contributed by atoms with Gasteiger partial charge in [-0.15, -0.1) is 11.3 Å². The fraction of sp³-hybridized carbons (Fsp3) is 0.714. The largest absolute Gasteiger partial charge is 0.393 e. The summed E-state index contributed by atoms with van der Waals surface area (Å²) in [6.07, 6.45) is -0.761. The van der Waals surface area contributed by atoms with Crippen LogP contribution in [0.1, 0.15) is 37.5 Å². The molecule has 1 aliphatic carbocycles. The number of nitrogens with one attached hydrogen (secondary N) is 1. The van der Waals surface area contributed by atoms with Crippen LogP contribution < -0.4 is 5.32 Å². The summed E-state index contributed by atoms with van der Waals surface area (Å²) < 4.78 is 38.9. The molecule has 1 fully saturated rings. The molecule has 0 spiro atoms. The minimum absolute atomic E-state index is 0.0894. The van der Waals surface area contributed by atoms with Crippen molar-refractivity contribution in [2.75, 3.05) is 0 Å². The van der Waals surface area contributed by atoms with Gasteiger partial charge in [0.2, 0.25) is 0 Å². The van der Waals surface area contributed by atoms with Crippen molar-refractivity contribution in [2.24, 2.45) is 5.92 Å². The summed E-state index contributed by atoms with van der Waals surface area (Å²) in [5.41, 5.74) is 0. The van der Waals surface area contributed by atoms with Crippen molar-refractivity contribution in [1.82, 2.24) is 5.32 Å². The lowest BCUT2D eigenvalue weighted by molar-refractivity contribution is -0.189. The lowest BCUT2D eigenvalue weighted by Gasteiger charge is -2.35. The zero-order valence-electron chi connectivity index (χ0n) is 11.0. The van der Waals surface area contributed by atoms with E-state index >= 15 is 0 Å². The fourth-order valence-corrected chi connectivity index (χ4v) is 3.71. The van der Waals surface area contributed by atoms with Crippen LogP contribution in [-0.4, -0.2) is 18.3 Å². The van der Waals surface area contributed by atoms with Crippen molar-refractivity contribution >= 4 is 11.3 Å². The van der Waals surface area contributed by atoms with Gasteiger partial charge in [0.1, 0.15) is 0 Å². The Hall–Kier alpha value is -0.550. The molecular weight excluding hydrogens is 271 g/mol. The van der Waals surface area contributed by atoms with Crippen LogP contribution in [0, 0.1) is 5.92 Å². The van der Waals surface area contributed by atoms with Crippen LogP contribution in [-0.2, 0) is 6.42 Å². The molecule has 5 heteroatoms. The predicted molar refractivity (Wildman–Crippen MR) is 72.4 cm³/mol. The van der Waals surface area contributed by atoms with Crippen molar-refractivity contribution in [3.63, 3.8) is 0 Å². The Balaban J connectivity index is 1.92. The lowest BCUT2D eigenvalue weighted by atomic mass is 9.83. The third-order valence-corrected chi connectivity index (χ3v) is 4.67. The van der Waals surface area contributed by atoms with E-state index < -0.39 is 18.1 Å². The molecule has 108 valence electrons. The molecule has 0 aromatic carbocycles. The van der Waals surface area contributed by atoms with Crippen LogP contribution in [0.5, 0.6) is 0 Å². The fourth-order valence-electron chi connectivity index (χ4n) is 2.88. The van der Waals surface area contributed by atoms with Gasteiger partial charge in [-0.3, -0.25) is 0 Å². The molecule has 19 heavy (non-hydrogen) atoms. The Bertz CT molecular complexity index is 375. The summed E-state index contributed by atoms with van der Waals surface area (Å²) in [6.45, 7) is 1.97. The van der Waals surface area contributed by atoms with Crippen molar-refractivity contribution in [3.05, 3.63) is 22.4 Å². The first-order chi connectivity index (χ1) is 8.97. The van der Waals surface area contributed by atoms with Crippen LogP contribution in [0.25, 0.3) is 0 Å². The molecule has 1 aliphatic rings. The van der Waals surface area contributed by atoms with Crippen LogP contribution in [0.3, 0.4) is 0 Å². The van der Waals surface area contributed by atoms with E-state index in [0.717, 1.165) is 12.8 Å². The molecule has 1 aromatic rings. The third kappa shape index (κ3) is 4.21. The molecule has 0 radical (unpaired) electrons. The topological polar surface area (TPSA) is 12.0 Å². The van der Waals surface area contributed by atoms with Crippen LogP contribution in [0.2, 0.25) is 0 Å². The van der Waals surface area contributed by atoms with Gasteiger partial charge in [-0.2, -0.15) is 13.2 Å². The summed E-state index contributed by atoms with van der Waals surface area (Å²) in [4.78, 5) is 1.22. The van der Waals surface area contributed by atoms with Gasteiger partial charge in [0.25, 0.3) is 0 Å². The van der Waals surface area contributed by atoms with Gasteiger partial charge >= 0.3 is 6.18 Å². The lowest BCUT2D eigenvalue weighted by Crippen LogP contribution is -2.48. The Labute approximate surface area is 116 Å². The maximum absolute atomic E-state index is 13.0. The first kappa shape index (κ1) is 14.9. The Morgan fingerprint density at radius 2 is 2.11 bits per heavy atom. The van der Waals surface area contributed by atoms with Gasteiger partial charge in [0, 0.05) is 17.0 Å². The van der Waals surface area contributed by atoms with Crippen molar-refractivity contribution in [3.8, 4) is 0 Å². The predicted octanol–water partition coefficient (Wildman–Crippen LogP) is 4.39. The normalized spacial score (nSPS) is 26.3. The van der Waals surface area contributed by atoms with E-state index in [-0.39, 0.29) is 12.5 Å². The SMILES string of the molecule is CC(Cc1cccs1)NC1CCCCC1C(F)(F)F. The number of alkyl halides is 3. The van der Waals surface area contributed by atoms with Crippen molar-refractivity contribution in [1.29, 1.82) is 0 Å². The summed E-state index contributed by atoms with van der Waals surface area (Å²) in [5.74, 6) is -1.17. The second-order valence-corrected chi connectivity index (χ2v) is 6.42. The minimum Gasteiger partial charge on any atom is -0.311 e. The second kappa shape index (κ2) is 6.27. The molecule has 3 atom stereocenters. The van der Waals surface area contributed by atoms with Crippen LogP contribution >= 0.6 is 11.3 Å². The van der Waals surface area contributed by atoms with Crippen LogP contribution in [0.15, 0.2) is 17.5 Å². The smallest absolute Gasteiger partial charge is 0.311 e. The molecular formula is C14H20F3NS. The highest BCUT2D eigenvalue weighted by Crippen LogP contribution is 2.37. The van der Waals surface area contributed by atoms with E-state index in [2.05, 4.69) is 5.32 Å². The molecule has 1 N–H and O–H groups in total. The maximum Gasteiger partial charge on any atom is 0.393 e. The quantitative estimate of drug-likeness (QED) is 0.867.